The first-order valence-electron chi connectivity index (χ1n) is 6.94. The average Bonchev–Trinajstić information content (AvgIpc) is 2.61. The lowest BCUT2D eigenvalue weighted by Crippen LogP contribution is -2.22. The van der Waals surface area contributed by atoms with Gasteiger partial charge in [-0.05, 0) is 78.7 Å². The molecule has 0 aromatic carbocycles. The van der Waals surface area contributed by atoms with Gasteiger partial charge in [-0.1, -0.05) is 20.8 Å². The summed E-state index contributed by atoms with van der Waals surface area (Å²) in [5, 5.41) is 3.52. The smallest absolute Gasteiger partial charge is 0.0730 e. The van der Waals surface area contributed by atoms with E-state index in [1.54, 1.807) is 0 Å². The standard InChI is InChI=1S/C15H26BrNS/c1-11(2)10-17-8-7-12(3)5-6-14-9-13(4)15(16)18-14/h9,11-12,17H,5-8,10H2,1-4H3. The van der Waals surface area contributed by atoms with Crippen LogP contribution in [0.2, 0.25) is 0 Å². The second-order valence-electron chi connectivity index (χ2n) is 5.70. The van der Waals surface area contributed by atoms with Crippen molar-refractivity contribution in [1.82, 2.24) is 5.32 Å². The normalized spacial score (nSPS) is 13.2. The van der Waals surface area contributed by atoms with Gasteiger partial charge in [0, 0.05) is 4.88 Å². The quantitative estimate of drug-likeness (QED) is 0.659. The zero-order chi connectivity index (χ0) is 13.5. The fraction of sp³-hybridized carbons (Fsp3) is 0.733. The summed E-state index contributed by atoms with van der Waals surface area (Å²) in [6.07, 6.45) is 3.82. The summed E-state index contributed by atoms with van der Waals surface area (Å²) in [4.78, 5) is 1.52. The van der Waals surface area contributed by atoms with E-state index in [1.807, 2.05) is 11.3 Å². The van der Waals surface area contributed by atoms with Crippen molar-refractivity contribution in [3.63, 3.8) is 0 Å². The van der Waals surface area contributed by atoms with E-state index >= 15 is 0 Å². The Hall–Kier alpha value is 0.140. The lowest BCUT2D eigenvalue weighted by Gasteiger charge is -2.12. The minimum atomic E-state index is 0.756. The molecule has 0 amide bonds. The summed E-state index contributed by atoms with van der Waals surface area (Å²) in [6.45, 7) is 11.4. The second-order valence-corrected chi connectivity index (χ2v) is 8.15. The van der Waals surface area contributed by atoms with Gasteiger partial charge in [-0.15, -0.1) is 11.3 Å². The van der Waals surface area contributed by atoms with E-state index < -0.39 is 0 Å². The molecular weight excluding hydrogens is 306 g/mol. The number of rotatable bonds is 8. The SMILES string of the molecule is Cc1cc(CCC(C)CCNCC(C)C)sc1Br. The molecule has 0 bridgehead atoms. The molecule has 3 heteroatoms. The Morgan fingerprint density at radius 2 is 2.00 bits per heavy atom. The largest absolute Gasteiger partial charge is 0.316 e. The molecule has 1 atom stereocenters. The fourth-order valence-electron chi connectivity index (χ4n) is 1.92. The van der Waals surface area contributed by atoms with E-state index in [2.05, 4.69) is 55.0 Å². The number of hydrogen-bond acceptors (Lipinski definition) is 2. The molecule has 0 aliphatic rings. The Morgan fingerprint density at radius 3 is 2.56 bits per heavy atom. The van der Waals surface area contributed by atoms with Crippen LogP contribution >= 0.6 is 27.3 Å². The number of aryl methyl sites for hydroxylation is 2. The zero-order valence-electron chi connectivity index (χ0n) is 12.1. The topological polar surface area (TPSA) is 12.0 Å². The Morgan fingerprint density at radius 1 is 1.28 bits per heavy atom. The maximum atomic E-state index is 3.60. The maximum absolute atomic E-state index is 3.60. The van der Waals surface area contributed by atoms with Gasteiger partial charge in [0.2, 0.25) is 0 Å². The van der Waals surface area contributed by atoms with Crippen LogP contribution < -0.4 is 5.32 Å². The van der Waals surface area contributed by atoms with Crippen molar-refractivity contribution in [2.75, 3.05) is 13.1 Å². The average molecular weight is 332 g/mol. The molecule has 0 radical (unpaired) electrons. The van der Waals surface area contributed by atoms with Crippen LogP contribution in [-0.4, -0.2) is 13.1 Å². The third-order valence-electron chi connectivity index (χ3n) is 3.16. The highest BCUT2D eigenvalue weighted by Gasteiger charge is 2.06. The molecule has 1 unspecified atom stereocenters. The van der Waals surface area contributed by atoms with Gasteiger partial charge in [-0.3, -0.25) is 0 Å². The minimum Gasteiger partial charge on any atom is -0.316 e. The molecule has 0 spiro atoms. The van der Waals surface area contributed by atoms with E-state index in [1.165, 1.54) is 33.5 Å². The minimum absolute atomic E-state index is 0.756. The van der Waals surface area contributed by atoms with Crippen LogP contribution in [0.4, 0.5) is 0 Å². The predicted molar refractivity (Wildman–Crippen MR) is 86.6 cm³/mol. The summed E-state index contributed by atoms with van der Waals surface area (Å²) in [5.41, 5.74) is 1.38. The van der Waals surface area contributed by atoms with E-state index in [0.717, 1.165) is 24.9 Å². The Bertz CT molecular complexity index is 327. The van der Waals surface area contributed by atoms with Gasteiger partial charge in [0.25, 0.3) is 0 Å². The monoisotopic (exact) mass is 331 g/mol. The molecule has 104 valence electrons. The van der Waals surface area contributed by atoms with Crippen LogP contribution in [0.3, 0.4) is 0 Å². The third-order valence-corrected chi connectivity index (χ3v) is 5.35. The van der Waals surface area contributed by atoms with E-state index in [9.17, 15) is 0 Å². The molecule has 1 aromatic heterocycles. The van der Waals surface area contributed by atoms with Gasteiger partial charge in [-0.25, -0.2) is 0 Å². The molecule has 1 rings (SSSR count). The molecule has 0 fully saturated rings. The summed E-state index contributed by atoms with van der Waals surface area (Å²) >= 11 is 5.49. The van der Waals surface area contributed by atoms with E-state index in [4.69, 9.17) is 0 Å². The van der Waals surface area contributed by atoms with Crippen LogP contribution in [0.1, 0.15) is 44.1 Å². The van der Waals surface area contributed by atoms with Crippen molar-refractivity contribution >= 4 is 27.3 Å². The molecule has 0 saturated carbocycles. The van der Waals surface area contributed by atoms with Crippen molar-refractivity contribution in [3.8, 4) is 0 Å². The fourth-order valence-corrected chi connectivity index (χ4v) is 3.56. The second kappa shape index (κ2) is 8.34. The molecular formula is C15H26BrNS. The summed E-state index contributed by atoms with van der Waals surface area (Å²) in [7, 11) is 0. The highest BCUT2D eigenvalue weighted by atomic mass is 79.9. The highest BCUT2D eigenvalue weighted by molar-refractivity contribution is 9.11. The molecule has 1 heterocycles. The molecule has 1 nitrogen and oxygen atoms in total. The first kappa shape index (κ1) is 16.2. The Labute approximate surface area is 125 Å². The summed E-state index contributed by atoms with van der Waals surface area (Å²) < 4.78 is 1.30. The third kappa shape index (κ3) is 6.35. The summed E-state index contributed by atoms with van der Waals surface area (Å²) in [5.74, 6) is 1.57. The maximum Gasteiger partial charge on any atom is 0.0730 e. The summed E-state index contributed by atoms with van der Waals surface area (Å²) in [6, 6.07) is 2.32. The van der Waals surface area contributed by atoms with Crippen LogP contribution in [-0.2, 0) is 6.42 Å². The molecule has 1 N–H and O–H groups in total. The van der Waals surface area contributed by atoms with Gasteiger partial charge in [0.1, 0.15) is 0 Å². The number of nitrogens with one attached hydrogen (secondary N) is 1. The predicted octanol–water partition coefficient (Wildman–Crippen LogP) is 5.02. The van der Waals surface area contributed by atoms with Gasteiger partial charge in [0.15, 0.2) is 0 Å². The molecule has 1 aromatic rings. The molecule has 0 aliphatic carbocycles. The Balaban J connectivity index is 2.15. The van der Waals surface area contributed by atoms with Crippen molar-refractivity contribution in [2.45, 2.75) is 47.0 Å². The number of hydrogen-bond donors (Lipinski definition) is 1. The first-order valence-corrected chi connectivity index (χ1v) is 8.55. The van der Waals surface area contributed by atoms with E-state index in [-0.39, 0.29) is 0 Å². The van der Waals surface area contributed by atoms with Crippen LogP contribution in [0.15, 0.2) is 9.85 Å². The van der Waals surface area contributed by atoms with Gasteiger partial charge in [0.05, 0.1) is 3.79 Å². The van der Waals surface area contributed by atoms with Crippen molar-refractivity contribution < 1.29 is 0 Å². The molecule has 18 heavy (non-hydrogen) atoms. The van der Waals surface area contributed by atoms with Crippen molar-refractivity contribution in [2.24, 2.45) is 11.8 Å². The molecule has 0 aliphatic heterocycles. The van der Waals surface area contributed by atoms with Crippen LogP contribution in [0.5, 0.6) is 0 Å². The zero-order valence-corrected chi connectivity index (χ0v) is 14.5. The van der Waals surface area contributed by atoms with Crippen LogP contribution in [0.25, 0.3) is 0 Å². The van der Waals surface area contributed by atoms with Crippen LogP contribution in [0, 0.1) is 18.8 Å². The van der Waals surface area contributed by atoms with Gasteiger partial charge in [-0.2, -0.15) is 0 Å². The van der Waals surface area contributed by atoms with E-state index in [0.29, 0.717) is 0 Å². The lowest BCUT2D eigenvalue weighted by molar-refractivity contribution is 0.455. The lowest BCUT2D eigenvalue weighted by atomic mass is 10.0. The Kier molecular flexibility index (Phi) is 7.50. The van der Waals surface area contributed by atoms with Crippen molar-refractivity contribution in [1.29, 1.82) is 0 Å². The van der Waals surface area contributed by atoms with Gasteiger partial charge < -0.3 is 5.32 Å². The van der Waals surface area contributed by atoms with Crippen molar-refractivity contribution in [3.05, 3.63) is 20.3 Å². The molecule has 0 saturated heterocycles. The first-order chi connectivity index (χ1) is 8.49. The highest BCUT2D eigenvalue weighted by Crippen LogP contribution is 2.28. The van der Waals surface area contributed by atoms with Gasteiger partial charge >= 0.3 is 0 Å². The number of thiophene rings is 1. The number of halogens is 1.